The van der Waals surface area contributed by atoms with Gasteiger partial charge in [0, 0.05) is 32.9 Å². The van der Waals surface area contributed by atoms with E-state index < -0.39 is 4.92 Å². The predicted molar refractivity (Wildman–Crippen MR) is 80.5 cm³/mol. The molecule has 1 aromatic carbocycles. The summed E-state index contributed by atoms with van der Waals surface area (Å²) in [7, 11) is 5.56. The molecular formula is C14H16N5O2+. The van der Waals surface area contributed by atoms with Crippen molar-refractivity contribution in [3.63, 3.8) is 0 Å². The van der Waals surface area contributed by atoms with E-state index in [1.807, 2.05) is 32.1 Å². The highest BCUT2D eigenvalue weighted by atomic mass is 16.6. The van der Waals surface area contributed by atoms with Crippen LogP contribution in [0.5, 0.6) is 0 Å². The smallest absolute Gasteiger partial charge is 0.304 e. The van der Waals surface area contributed by atoms with Gasteiger partial charge in [-0.05, 0) is 12.1 Å². The third-order valence-electron chi connectivity index (χ3n) is 2.94. The van der Waals surface area contributed by atoms with Crippen LogP contribution in [0.1, 0.15) is 0 Å². The van der Waals surface area contributed by atoms with Crippen LogP contribution in [-0.4, -0.2) is 37.5 Å². The first kappa shape index (κ1) is 14.6. The molecule has 0 saturated heterocycles. The summed E-state index contributed by atoms with van der Waals surface area (Å²) in [4.78, 5) is 14.4. The lowest BCUT2D eigenvalue weighted by molar-refractivity contribution is -0.384. The standard InChI is InChI=1S/C14H16N5O2/c1-17(2)12-4-5-13(14(10-12)19(20)21)16-15-11-6-8-18(3)9-7-11/h4-6,9-10H,8H2,1-3H3/q+1. The first-order chi connectivity index (χ1) is 9.97. The SMILES string of the molecule is CN1C=[C+]C(N=Nc2ccc(N(C)C)cc2[N+](=O)[O-])=CC1. The number of anilines is 1. The van der Waals surface area contributed by atoms with Gasteiger partial charge in [-0.25, -0.2) is 0 Å². The van der Waals surface area contributed by atoms with Crippen LogP contribution in [0.25, 0.3) is 0 Å². The van der Waals surface area contributed by atoms with Crippen LogP contribution in [0.2, 0.25) is 0 Å². The number of benzene rings is 1. The van der Waals surface area contributed by atoms with Gasteiger partial charge in [-0.3, -0.25) is 10.1 Å². The summed E-state index contributed by atoms with van der Waals surface area (Å²) in [5, 5.41) is 19.1. The second-order valence-corrected chi connectivity index (χ2v) is 4.83. The van der Waals surface area contributed by atoms with Crippen molar-refractivity contribution in [3.8, 4) is 0 Å². The number of nitrogens with zero attached hydrogens (tertiary/aromatic N) is 5. The maximum atomic E-state index is 11.1. The van der Waals surface area contributed by atoms with E-state index in [9.17, 15) is 10.1 Å². The van der Waals surface area contributed by atoms with Gasteiger partial charge in [-0.1, -0.05) is 5.11 Å². The van der Waals surface area contributed by atoms with Crippen LogP contribution >= 0.6 is 0 Å². The van der Waals surface area contributed by atoms with Gasteiger partial charge in [-0.15, -0.1) is 5.11 Å². The monoisotopic (exact) mass is 286 g/mol. The molecule has 7 nitrogen and oxygen atoms in total. The molecule has 1 aliphatic heterocycles. The summed E-state index contributed by atoms with van der Waals surface area (Å²) in [5.41, 5.74) is 1.47. The summed E-state index contributed by atoms with van der Waals surface area (Å²) < 4.78 is 0. The Morgan fingerprint density at radius 1 is 1.38 bits per heavy atom. The molecule has 1 heterocycles. The molecule has 0 spiro atoms. The third-order valence-corrected chi connectivity index (χ3v) is 2.94. The highest BCUT2D eigenvalue weighted by molar-refractivity contribution is 5.65. The largest absolute Gasteiger partial charge is 0.377 e. The normalized spacial score (nSPS) is 14.0. The zero-order valence-corrected chi connectivity index (χ0v) is 12.1. The average Bonchev–Trinajstić information content (AvgIpc) is 2.46. The van der Waals surface area contributed by atoms with Crippen molar-refractivity contribution < 1.29 is 4.92 Å². The first-order valence-electron chi connectivity index (χ1n) is 6.35. The molecule has 0 unspecified atom stereocenters. The molecule has 2 rings (SSSR count). The molecular weight excluding hydrogens is 270 g/mol. The number of allylic oxidation sites excluding steroid dienone is 1. The fourth-order valence-electron chi connectivity index (χ4n) is 1.72. The van der Waals surface area contributed by atoms with Gasteiger partial charge in [0.05, 0.1) is 11.0 Å². The van der Waals surface area contributed by atoms with Gasteiger partial charge in [0.15, 0.2) is 11.9 Å². The molecule has 0 aliphatic carbocycles. The molecule has 0 radical (unpaired) electrons. The summed E-state index contributed by atoms with van der Waals surface area (Å²) in [5.74, 6) is 0. The summed E-state index contributed by atoms with van der Waals surface area (Å²) in [6, 6.07) is 4.84. The minimum absolute atomic E-state index is 0.0672. The van der Waals surface area contributed by atoms with Gasteiger partial charge in [-0.2, -0.15) is 0 Å². The van der Waals surface area contributed by atoms with E-state index in [4.69, 9.17) is 0 Å². The maximum absolute atomic E-state index is 11.1. The first-order valence-corrected chi connectivity index (χ1v) is 6.35. The summed E-state index contributed by atoms with van der Waals surface area (Å²) >= 11 is 0. The van der Waals surface area contributed by atoms with Crippen LogP contribution in [-0.2, 0) is 0 Å². The molecule has 0 atom stereocenters. The van der Waals surface area contributed by atoms with Gasteiger partial charge >= 0.3 is 5.70 Å². The van der Waals surface area contributed by atoms with Crippen LogP contribution in [0.15, 0.2) is 46.4 Å². The second-order valence-electron chi connectivity index (χ2n) is 4.83. The average molecular weight is 286 g/mol. The van der Waals surface area contributed by atoms with E-state index in [0.29, 0.717) is 12.2 Å². The third kappa shape index (κ3) is 3.61. The molecule has 0 saturated carbocycles. The molecule has 0 bridgehead atoms. The zero-order chi connectivity index (χ0) is 15.4. The van der Waals surface area contributed by atoms with Crippen molar-refractivity contribution in [2.75, 3.05) is 32.6 Å². The van der Waals surface area contributed by atoms with Crippen LogP contribution in [0.4, 0.5) is 17.1 Å². The van der Waals surface area contributed by atoms with E-state index in [2.05, 4.69) is 16.3 Å². The van der Waals surface area contributed by atoms with E-state index >= 15 is 0 Å². The summed E-state index contributed by atoms with van der Waals surface area (Å²) in [6.45, 7) is 0.711. The number of nitro benzene ring substituents is 1. The van der Waals surface area contributed by atoms with Gasteiger partial charge < -0.3 is 9.80 Å². The Morgan fingerprint density at radius 2 is 2.14 bits per heavy atom. The molecule has 21 heavy (non-hydrogen) atoms. The Bertz CT molecular complexity index is 634. The van der Waals surface area contributed by atoms with Crippen molar-refractivity contribution in [1.82, 2.24) is 4.90 Å². The molecule has 0 aromatic heterocycles. The van der Waals surface area contributed by atoms with Crippen LogP contribution in [0, 0.1) is 16.2 Å². The maximum Gasteiger partial charge on any atom is 0.304 e. The number of hydrogen-bond acceptors (Lipinski definition) is 6. The number of azo groups is 1. The van der Waals surface area contributed by atoms with E-state index in [-0.39, 0.29) is 11.4 Å². The topological polar surface area (TPSA) is 74.3 Å². The van der Waals surface area contributed by atoms with Gasteiger partial charge in [0.1, 0.15) is 12.6 Å². The second kappa shape index (κ2) is 6.11. The fraction of sp³-hybridized carbons (Fsp3) is 0.286. The highest BCUT2D eigenvalue weighted by Gasteiger charge is 2.16. The minimum Gasteiger partial charge on any atom is -0.377 e. The Kier molecular flexibility index (Phi) is 4.25. The predicted octanol–water partition coefficient (Wildman–Crippen LogP) is 2.89. The van der Waals surface area contributed by atoms with Crippen molar-refractivity contribution >= 4 is 17.1 Å². The van der Waals surface area contributed by atoms with Crippen LogP contribution in [0.3, 0.4) is 0 Å². The van der Waals surface area contributed by atoms with Crippen molar-refractivity contribution in [3.05, 3.63) is 52.4 Å². The Morgan fingerprint density at radius 3 is 2.71 bits per heavy atom. The van der Waals surface area contributed by atoms with Gasteiger partial charge in [0.2, 0.25) is 0 Å². The molecule has 108 valence electrons. The lowest BCUT2D eigenvalue weighted by atomic mass is 10.2. The van der Waals surface area contributed by atoms with Crippen molar-refractivity contribution in [1.29, 1.82) is 0 Å². The quantitative estimate of drug-likeness (QED) is 0.369. The number of rotatable bonds is 4. The Balaban J connectivity index is 2.27. The number of likely N-dealkylation sites (N-methyl/N-ethyl adjacent to an activating group) is 1. The molecule has 1 aliphatic rings. The molecule has 1 aromatic rings. The lowest BCUT2D eigenvalue weighted by Gasteiger charge is -2.11. The van der Waals surface area contributed by atoms with E-state index in [1.165, 1.54) is 6.07 Å². The van der Waals surface area contributed by atoms with Crippen molar-refractivity contribution in [2.24, 2.45) is 10.2 Å². The lowest BCUT2D eigenvalue weighted by Crippen LogP contribution is -2.13. The Hall–Kier alpha value is -2.79. The molecule has 0 N–H and O–H groups in total. The number of hydrogen-bond donors (Lipinski definition) is 0. The fourth-order valence-corrected chi connectivity index (χ4v) is 1.72. The highest BCUT2D eigenvalue weighted by Crippen LogP contribution is 2.32. The zero-order valence-electron chi connectivity index (χ0n) is 12.1. The molecule has 0 amide bonds. The van der Waals surface area contributed by atoms with Gasteiger partial charge in [0.25, 0.3) is 5.69 Å². The summed E-state index contributed by atoms with van der Waals surface area (Å²) in [6.07, 6.45) is 6.55. The Labute approximate surface area is 123 Å². The molecule has 0 fully saturated rings. The number of nitro groups is 1. The molecule has 7 heteroatoms. The van der Waals surface area contributed by atoms with E-state index in [0.717, 1.165) is 5.69 Å². The van der Waals surface area contributed by atoms with E-state index in [1.54, 1.807) is 23.2 Å². The van der Waals surface area contributed by atoms with Crippen LogP contribution < -0.4 is 4.90 Å². The van der Waals surface area contributed by atoms with Crippen molar-refractivity contribution in [2.45, 2.75) is 0 Å². The minimum atomic E-state index is -0.454.